The largest absolute Gasteiger partial charge is 0.328 e. The quantitative estimate of drug-likeness (QED) is 0.806. The first-order valence-electron chi connectivity index (χ1n) is 9.28. The number of nitrogens with zero attached hydrogens (tertiary/aromatic N) is 5. The van der Waals surface area contributed by atoms with Gasteiger partial charge in [-0.3, -0.25) is 19.5 Å². The highest BCUT2D eigenvalue weighted by Crippen LogP contribution is 2.41. The summed E-state index contributed by atoms with van der Waals surface area (Å²) in [5.74, 6) is 0.541. The van der Waals surface area contributed by atoms with Crippen molar-refractivity contribution in [1.29, 1.82) is 0 Å². The van der Waals surface area contributed by atoms with Crippen LogP contribution in [0, 0.1) is 13.8 Å². The molecule has 1 aromatic rings. The van der Waals surface area contributed by atoms with E-state index in [0.29, 0.717) is 6.54 Å². The van der Waals surface area contributed by atoms with Crippen molar-refractivity contribution in [1.82, 2.24) is 14.7 Å². The molecule has 0 aromatic heterocycles. The van der Waals surface area contributed by atoms with Gasteiger partial charge >= 0.3 is 6.03 Å². The van der Waals surface area contributed by atoms with Crippen molar-refractivity contribution in [2.45, 2.75) is 46.8 Å². The number of hydrogen-bond acceptors (Lipinski definition) is 5. The molecule has 0 spiro atoms. The number of carbonyl (C=O) groups excluding carboxylic acids is 2. The molecule has 0 bridgehead atoms. The van der Waals surface area contributed by atoms with E-state index in [4.69, 9.17) is 4.99 Å². The summed E-state index contributed by atoms with van der Waals surface area (Å²) in [6.45, 7) is 10.4. The van der Waals surface area contributed by atoms with Crippen LogP contribution in [0.15, 0.2) is 34.6 Å². The van der Waals surface area contributed by atoms with Crippen LogP contribution in [0.1, 0.15) is 31.9 Å². The molecule has 3 aliphatic heterocycles. The molecule has 3 aliphatic rings. The van der Waals surface area contributed by atoms with Crippen molar-refractivity contribution in [2.24, 2.45) is 4.99 Å². The van der Waals surface area contributed by atoms with Crippen molar-refractivity contribution in [3.63, 3.8) is 0 Å². The molecule has 1 aromatic carbocycles. The van der Waals surface area contributed by atoms with Gasteiger partial charge in [0.25, 0.3) is 5.91 Å². The number of amides is 3. The predicted molar refractivity (Wildman–Crippen MR) is 104 cm³/mol. The molecule has 7 nitrogen and oxygen atoms in total. The first kappa shape index (κ1) is 17.6. The fraction of sp³-hybridized carbons (Fsp3) is 0.450. The van der Waals surface area contributed by atoms with Gasteiger partial charge in [0, 0.05) is 25.0 Å². The van der Waals surface area contributed by atoms with E-state index >= 15 is 0 Å². The van der Waals surface area contributed by atoms with Crippen LogP contribution in [0.2, 0.25) is 0 Å². The lowest BCUT2D eigenvalue weighted by Gasteiger charge is -2.40. The van der Waals surface area contributed by atoms with Gasteiger partial charge < -0.3 is 4.90 Å². The normalized spacial score (nSPS) is 24.7. The van der Waals surface area contributed by atoms with E-state index in [1.165, 1.54) is 16.0 Å². The van der Waals surface area contributed by atoms with Gasteiger partial charge in [-0.2, -0.15) is 0 Å². The van der Waals surface area contributed by atoms with Crippen LogP contribution < -0.4 is 4.90 Å². The minimum atomic E-state index is -0.507. The zero-order valence-corrected chi connectivity index (χ0v) is 16.6. The number of carbonyl (C=O) groups is 2. The number of aryl methyl sites for hydroxylation is 1. The second kappa shape index (κ2) is 5.84. The van der Waals surface area contributed by atoms with Gasteiger partial charge in [-0.05, 0) is 51.8 Å². The lowest BCUT2D eigenvalue weighted by atomic mass is 10.1. The number of likely N-dealkylation sites (N-methyl/N-ethyl adjacent to an activating group) is 2. The van der Waals surface area contributed by atoms with Gasteiger partial charge in [0.2, 0.25) is 5.96 Å². The van der Waals surface area contributed by atoms with E-state index in [0.717, 1.165) is 23.0 Å². The maximum absolute atomic E-state index is 13.1. The number of anilines is 1. The molecular weight excluding hydrogens is 342 g/mol. The van der Waals surface area contributed by atoms with Crippen molar-refractivity contribution in [2.75, 3.05) is 18.5 Å². The second-order valence-corrected chi connectivity index (χ2v) is 7.36. The second-order valence-electron chi connectivity index (χ2n) is 7.36. The average molecular weight is 367 g/mol. The van der Waals surface area contributed by atoms with Crippen LogP contribution >= 0.6 is 0 Å². The van der Waals surface area contributed by atoms with Gasteiger partial charge in [0.15, 0.2) is 12.2 Å². The monoisotopic (exact) mass is 367 g/mol. The molecule has 3 heterocycles. The number of urea groups is 1. The summed E-state index contributed by atoms with van der Waals surface area (Å²) in [5.41, 5.74) is 5.48. The summed E-state index contributed by atoms with van der Waals surface area (Å²) in [6.07, 6.45) is -0.501. The number of benzene rings is 1. The molecule has 1 saturated heterocycles. The number of fused-ring (bicyclic) bond motifs is 3. The van der Waals surface area contributed by atoms with Gasteiger partial charge in [-0.25, -0.2) is 9.79 Å². The Labute approximate surface area is 159 Å². The number of imide groups is 1. The Hall–Kier alpha value is -2.83. The van der Waals surface area contributed by atoms with E-state index in [9.17, 15) is 9.59 Å². The van der Waals surface area contributed by atoms with Crippen LogP contribution in [0.4, 0.5) is 10.5 Å². The fourth-order valence-corrected chi connectivity index (χ4v) is 4.17. The number of rotatable bonds is 2. The molecule has 0 N–H and O–H groups in total. The summed E-state index contributed by atoms with van der Waals surface area (Å²) in [5, 5.41) is 0. The summed E-state index contributed by atoms with van der Waals surface area (Å²) < 4.78 is 0. The molecule has 1 fully saturated rings. The molecule has 0 aliphatic carbocycles. The fourth-order valence-electron chi connectivity index (χ4n) is 4.17. The molecule has 142 valence electrons. The van der Waals surface area contributed by atoms with Crippen molar-refractivity contribution < 1.29 is 9.59 Å². The topological polar surface area (TPSA) is 59.5 Å². The predicted octanol–water partition coefficient (Wildman–Crippen LogP) is 2.66. The lowest BCUT2D eigenvalue weighted by molar-refractivity contribution is -0.136. The van der Waals surface area contributed by atoms with Crippen LogP contribution in [0.5, 0.6) is 0 Å². The third kappa shape index (κ3) is 2.17. The Morgan fingerprint density at radius 3 is 2.44 bits per heavy atom. The molecule has 7 heteroatoms. The summed E-state index contributed by atoms with van der Waals surface area (Å²) >= 11 is 0. The van der Waals surface area contributed by atoms with Crippen LogP contribution in [-0.4, -0.2) is 58.4 Å². The molecule has 3 amide bonds. The Balaban J connectivity index is 1.84. The van der Waals surface area contributed by atoms with E-state index in [2.05, 4.69) is 30.9 Å². The van der Waals surface area contributed by atoms with Crippen LogP contribution in [0.3, 0.4) is 0 Å². The highest BCUT2D eigenvalue weighted by molar-refractivity contribution is 6.10. The van der Waals surface area contributed by atoms with Crippen LogP contribution in [0.25, 0.3) is 0 Å². The Morgan fingerprint density at radius 1 is 1.07 bits per heavy atom. The third-order valence-electron chi connectivity index (χ3n) is 6.03. The molecule has 2 atom stereocenters. The van der Waals surface area contributed by atoms with Gasteiger partial charge in [-0.1, -0.05) is 12.1 Å². The van der Waals surface area contributed by atoms with E-state index in [-0.39, 0.29) is 11.9 Å². The SMILES string of the molecule is CCN1C(=O)C2C(N=C3N(c4cccc(C)c4C)C(C)=C(C)N32)N(C)C1=O. The Bertz CT molecular complexity index is 919. The molecule has 27 heavy (non-hydrogen) atoms. The minimum absolute atomic E-state index is 0.181. The zero-order chi connectivity index (χ0) is 19.6. The molecular formula is C20H25N5O2. The number of guanidine groups is 1. The van der Waals surface area contributed by atoms with Gasteiger partial charge in [-0.15, -0.1) is 0 Å². The number of aliphatic imine (C=N–C) groups is 1. The smallest absolute Gasteiger partial charge is 0.302 e. The maximum atomic E-state index is 13.1. The Kier molecular flexibility index (Phi) is 3.80. The minimum Gasteiger partial charge on any atom is -0.302 e. The highest BCUT2D eigenvalue weighted by atomic mass is 16.2. The van der Waals surface area contributed by atoms with Crippen molar-refractivity contribution in [3.05, 3.63) is 40.7 Å². The summed E-state index contributed by atoms with van der Waals surface area (Å²) in [6, 6.07) is 5.40. The maximum Gasteiger partial charge on any atom is 0.328 e. The van der Waals surface area contributed by atoms with Gasteiger partial charge in [0.1, 0.15) is 0 Å². The van der Waals surface area contributed by atoms with Crippen LogP contribution in [-0.2, 0) is 4.79 Å². The third-order valence-corrected chi connectivity index (χ3v) is 6.03. The molecule has 0 saturated carbocycles. The first-order chi connectivity index (χ1) is 12.8. The lowest BCUT2D eigenvalue weighted by Crippen LogP contribution is -2.64. The Morgan fingerprint density at radius 2 is 1.78 bits per heavy atom. The average Bonchev–Trinajstić information content (AvgIpc) is 3.13. The zero-order valence-electron chi connectivity index (χ0n) is 16.6. The molecule has 2 unspecified atom stereocenters. The standard InChI is InChI=1S/C20H25N5O2/c1-7-23-18(26)16-17(22(6)20(23)27)21-19-24(13(4)14(5)25(16)19)15-10-8-9-11(2)12(15)3/h8-10,16-17H,7H2,1-6H3. The first-order valence-corrected chi connectivity index (χ1v) is 9.28. The summed E-state index contributed by atoms with van der Waals surface area (Å²) in [4.78, 5) is 37.4. The van der Waals surface area contributed by atoms with E-state index < -0.39 is 12.2 Å². The van der Waals surface area contributed by atoms with E-state index in [1.807, 2.05) is 31.7 Å². The van der Waals surface area contributed by atoms with Gasteiger partial charge in [0.05, 0.1) is 5.69 Å². The highest BCUT2D eigenvalue weighted by Gasteiger charge is 2.55. The molecule has 4 rings (SSSR count). The van der Waals surface area contributed by atoms with Crippen molar-refractivity contribution >= 4 is 23.6 Å². The van der Waals surface area contributed by atoms with E-state index in [1.54, 1.807) is 11.9 Å². The number of allylic oxidation sites excluding steroid dienone is 2. The summed E-state index contributed by atoms with van der Waals surface area (Å²) in [7, 11) is 1.72. The van der Waals surface area contributed by atoms with Crippen molar-refractivity contribution in [3.8, 4) is 0 Å². The molecule has 0 radical (unpaired) electrons. The number of hydrogen-bond donors (Lipinski definition) is 0.